The van der Waals surface area contributed by atoms with E-state index in [2.05, 4.69) is 21.0 Å². The Labute approximate surface area is 93.9 Å². The van der Waals surface area contributed by atoms with Gasteiger partial charge in [-0.15, -0.1) is 0 Å². The van der Waals surface area contributed by atoms with Gasteiger partial charge in [-0.25, -0.2) is 0 Å². The maximum absolute atomic E-state index is 11.3. The predicted molar refractivity (Wildman–Crippen MR) is 55.3 cm³/mol. The summed E-state index contributed by atoms with van der Waals surface area (Å²) in [6.45, 7) is -0.0144. The normalized spacial score (nSPS) is 10.1. The first-order valence-corrected chi connectivity index (χ1v) is 4.78. The molecule has 0 aromatic carbocycles. The van der Waals surface area contributed by atoms with Gasteiger partial charge < -0.3 is 15.0 Å². The molecule has 1 rings (SSSR count). The van der Waals surface area contributed by atoms with Crippen LogP contribution >= 0.6 is 15.9 Å². The van der Waals surface area contributed by atoms with E-state index in [9.17, 15) is 14.9 Å². The molecule has 1 heterocycles. The third-order valence-electron chi connectivity index (χ3n) is 1.67. The van der Waals surface area contributed by atoms with Crippen LogP contribution in [0.25, 0.3) is 0 Å². The molecular weight excluding hydrogens is 268 g/mol. The zero-order chi connectivity index (χ0) is 11.6. The van der Waals surface area contributed by atoms with Crippen molar-refractivity contribution in [1.29, 1.82) is 0 Å². The predicted octanol–water partition coefficient (Wildman–Crippen LogP) is 0.642. The molecule has 0 fully saturated rings. The van der Waals surface area contributed by atoms with Crippen LogP contribution < -0.4 is 0 Å². The molecule has 7 nitrogen and oxygen atoms in total. The van der Waals surface area contributed by atoms with Crippen LogP contribution in [-0.4, -0.2) is 39.6 Å². The van der Waals surface area contributed by atoms with Crippen molar-refractivity contribution in [3.8, 4) is 0 Å². The highest BCUT2D eigenvalue weighted by Crippen LogP contribution is 2.21. The van der Waals surface area contributed by atoms with Gasteiger partial charge in [0.1, 0.15) is 11.0 Å². The molecule has 0 bridgehead atoms. The van der Waals surface area contributed by atoms with Crippen molar-refractivity contribution in [2.45, 2.75) is 6.54 Å². The largest absolute Gasteiger partial charge is 0.404 e. The Kier molecular flexibility index (Phi) is 3.40. The molecule has 0 saturated carbocycles. The first-order chi connectivity index (χ1) is 6.91. The van der Waals surface area contributed by atoms with E-state index in [0.717, 1.165) is 0 Å². The van der Waals surface area contributed by atoms with Crippen LogP contribution in [-0.2, 0) is 11.3 Å². The zero-order valence-electron chi connectivity index (χ0n) is 8.18. The van der Waals surface area contributed by atoms with Gasteiger partial charge in [0.15, 0.2) is 0 Å². The number of nitrogens with zero attached hydrogens (tertiary/aromatic N) is 4. The molecular formula is C7H9BrN4O3. The Morgan fingerprint density at radius 1 is 1.73 bits per heavy atom. The quantitative estimate of drug-likeness (QED) is 0.599. The monoisotopic (exact) mass is 276 g/mol. The number of amides is 1. The van der Waals surface area contributed by atoms with E-state index in [1.54, 1.807) is 14.1 Å². The number of likely N-dealkylation sites (N-methyl/N-ethyl adjacent to an activating group) is 1. The van der Waals surface area contributed by atoms with E-state index in [0.29, 0.717) is 0 Å². The first-order valence-electron chi connectivity index (χ1n) is 3.99. The van der Waals surface area contributed by atoms with Crippen LogP contribution in [0.15, 0.2) is 10.7 Å². The van der Waals surface area contributed by atoms with E-state index in [1.165, 1.54) is 15.8 Å². The van der Waals surface area contributed by atoms with Gasteiger partial charge >= 0.3 is 5.82 Å². The van der Waals surface area contributed by atoms with Gasteiger partial charge in [0.05, 0.1) is 11.3 Å². The number of rotatable bonds is 3. The van der Waals surface area contributed by atoms with Crippen LogP contribution in [0.3, 0.4) is 0 Å². The Morgan fingerprint density at radius 3 is 2.73 bits per heavy atom. The van der Waals surface area contributed by atoms with Crippen molar-refractivity contribution in [3.63, 3.8) is 0 Å². The van der Waals surface area contributed by atoms with E-state index in [-0.39, 0.29) is 22.7 Å². The fourth-order valence-corrected chi connectivity index (χ4v) is 1.33. The summed E-state index contributed by atoms with van der Waals surface area (Å²) in [6.07, 6.45) is 1.40. The lowest BCUT2D eigenvalue weighted by atomic mass is 10.5. The van der Waals surface area contributed by atoms with Gasteiger partial charge in [-0.1, -0.05) is 0 Å². The highest BCUT2D eigenvalue weighted by Gasteiger charge is 2.20. The molecule has 15 heavy (non-hydrogen) atoms. The van der Waals surface area contributed by atoms with Crippen molar-refractivity contribution in [3.05, 3.63) is 20.8 Å². The summed E-state index contributed by atoms with van der Waals surface area (Å²) in [5.74, 6) is -0.471. The summed E-state index contributed by atoms with van der Waals surface area (Å²) >= 11 is 2.99. The SMILES string of the molecule is CN(C)C(=O)Cn1cc(Br)c([N+](=O)[O-])n1. The Bertz CT molecular complexity index is 401. The molecule has 1 aromatic heterocycles. The average Bonchev–Trinajstić information content (AvgIpc) is 2.46. The number of hydrogen-bond acceptors (Lipinski definition) is 4. The standard InChI is InChI=1S/C7H9BrN4O3/c1-10(2)6(13)4-11-3-5(8)7(9-11)12(14)15/h3H,4H2,1-2H3. The van der Waals surface area contributed by atoms with Crippen molar-refractivity contribution < 1.29 is 9.72 Å². The minimum absolute atomic E-state index is 0.0144. The van der Waals surface area contributed by atoms with E-state index in [1.807, 2.05) is 0 Å². The average molecular weight is 277 g/mol. The van der Waals surface area contributed by atoms with Gasteiger partial charge in [-0.2, -0.15) is 4.68 Å². The molecule has 0 atom stereocenters. The summed E-state index contributed by atoms with van der Waals surface area (Å²) in [7, 11) is 3.21. The third kappa shape index (κ3) is 2.75. The summed E-state index contributed by atoms with van der Waals surface area (Å²) < 4.78 is 1.49. The van der Waals surface area contributed by atoms with E-state index in [4.69, 9.17) is 0 Å². The van der Waals surface area contributed by atoms with Crippen molar-refractivity contribution >= 4 is 27.7 Å². The molecule has 0 unspecified atom stereocenters. The summed E-state index contributed by atoms with van der Waals surface area (Å²) in [5.41, 5.74) is 0. The number of nitro groups is 1. The van der Waals surface area contributed by atoms with Gasteiger partial charge in [-0.3, -0.25) is 4.79 Å². The van der Waals surface area contributed by atoms with Crippen LogP contribution in [0.1, 0.15) is 0 Å². The van der Waals surface area contributed by atoms with E-state index >= 15 is 0 Å². The van der Waals surface area contributed by atoms with Gasteiger partial charge in [0, 0.05) is 14.1 Å². The molecule has 82 valence electrons. The summed E-state index contributed by atoms with van der Waals surface area (Å²) in [6, 6.07) is 0. The van der Waals surface area contributed by atoms with Crippen molar-refractivity contribution in [2.24, 2.45) is 0 Å². The van der Waals surface area contributed by atoms with Crippen molar-refractivity contribution in [1.82, 2.24) is 14.7 Å². The molecule has 0 aliphatic carbocycles. The number of hydrogen-bond donors (Lipinski definition) is 0. The van der Waals surface area contributed by atoms with Crippen LogP contribution in [0.2, 0.25) is 0 Å². The highest BCUT2D eigenvalue weighted by molar-refractivity contribution is 9.10. The molecule has 0 radical (unpaired) electrons. The molecule has 1 amide bonds. The van der Waals surface area contributed by atoms with Gasteiger partial charge in [0.2, 0.25) is 5.91 Å². The van der Waals surface area contributed by atoms with Crippen LogP contribution in [0.5, 0.6) is 0 Å². The number of carbonyl (C=O) groups is 1. The van der Waals surface area contributed by atoms with Crippen molar-refractivity contribution in [2.75, 3.05) is 14.1 Å². The zero-order valence-corrected chi connectivity index (χ0v) is 9.76. The summed E-state index contributed by atoms with van der Waals surface area (Å²) in [4.78, 5) is 22.5. The maximum atomic E-state index is 11.3. The van der Waals surface area contributed by atoms with E-state index < -0.39 is 4.92 Å². The molecule has 0 aliphatic rings. The number of halogens is 1. The van der Waals surface area contributed by atoms with Crippen LogP contribution in [0, 0.1) is 10.1 Å². The Balaban J connectivity index is 2.84. The van der Waals surface area contributed by atoms with Crippen LogP contribution in [0.4, 0.5) is 5.82 Å². The smallest absolute Gasteiger partial charge is 0.358 e. The lowest BCUT2D eigenvalue weighted by Crippen LogP contribution is -2.26. The second-order valence-electron chi connectivity index (χ2n) is 3.04. The topological polar surface area (TPSA) is 81.3 Å². The fraction of sp³-hybridized carbons (Fsp3) is 0.429. The lowest BCUT2D eigenvalue weighted by molar-refractivity contribution is -0.390. The highest BCUT2D eigenvalue weighted by atomic mass is 79.9. The lowest BCUT2D eigenvalue weighted by Gasteiger charge is -2.07. The third-order valence-corrected chi connectivity index (χ3v) is 2.23. The first kappa shape index (κ1) is 11.6. The van der Waals surface area contributed by atoms with Gasteiger partial charge in [-0.05, 0) is 20.9 Å². The Hall–Kier alpha value is -1.44. The molecule has 0 aliphatic heterocycles. The summed E-state index contributed by atoms with van der Waals surface area (Å²) in [5, 5.41) is 14.1. The number of aromatic nitrogens is 2. The van der Waals surface area contributed by atoms with Gasteiger partial charge in [0.25, 0.3) is 0 Å². The molecule has 0 N–H and O–H groups in total. The minimum atomic E-state index is -0.610. The molecule has 0 spiro atoms. The molecule has 8 heteroatoms. The Morgan fingerprint density at radius 2 is 2.33 bits per heavy atom. The second-order valence-corrected chi connectivity index (χ2v) is 3.90. The maximum Gasteiger partial charge on any atom is 0.404 e. The minimum Gasteiger partial charge on any atom is -0.358 e. The fourth-order valence-electron chi connectivity index (χ4n) is 0.872. The second kappa shape index (κ2) is 4.39. The molecule has 0 saturated heterocycles. The molecule has 1 aromatic rings. The number of carbonyl (C=O) groups excluding carboxylic acids is 1.